The summed E-state index contributed by atoms with van der Waals surface area (Å²) in [5.41, 5.74) is 7.72. The van der Waals surface area contributed by atoms with Gasteiger partial charge in [-0.25, -0.2) is 0 Å². The number of hydrogen-bond donors (Lipinski definition) is 2. The number of nitrogens with one attached hydrogen (secondary N) is 1. The van der Waals surface area contributed by atoms with Gasteiger partial charge in [0.1, 0.15) is 0 Å². The van der Waals surface area contributed by atoms with E-state index < -0.39 is 0 Å². The fourth-order valence-corrected chi connectivity index (χ4v) is 1.61. The third kappa shape index (κ3) is 5.29. The van der Waals surface area contributed by atoms with E-state index in [1.54, 1.807) is 7.11 Å². The highest BCUT2D eigenvalue weighted by atomic mass is 16.5. The third-order valence-corrected chi connectivity index (χ3v) is 2.90. The van der Waals surface area contributed by atoms with Crippen molar-refractivity contribution in [3.8, 4) is 0 Å². The highest BCUT2D eigenvalue weighted by molar-refractivity contribution is 5.75. The summed E-state index contributed by atoms with van der Waals surface area (Å²) in [6.07, 6.45) is 1.35. The predicted molar refractivity (Wildman–Crippen MR) is 71.9 cm³/mol. The Hall–Kier alpha value is -1.39. The average Bonchev–Trinajstić information content (AvgIpc) is 2.42. The normalized spacial score (nSPS) is 12.2. The maximum Gasteiger partial charge on any atom is 0.220 e. The van der Waals surface area contributed by atoms with E-state index in [0.29, 0.717) is 19.5 Å². The quantitative estimate of drug-likeness (QED) is 0.772. The van der Waals surface area contributed by atoms with E-state index in [9.17, 15) is 4.79 Å². The van der Waals surface area contributed by atoms with Gasteiger partial charge in [0.2, 0.25) is 5.91 Å². The number of ether oxygens (including phenoxy) is 1. The molecule has 0 aromatic heterocycles. The van der Waals surface area contributed by atoms with Gasteiger partial charge < -0.3 is 15.8 Å². The molecule has 1 rings (SSSR count). The van der Waals surface area contributed by atoms with Crippen LogP contribution in [-0.2, 0) is 22.6 Å². The lowest BCUT2D eigenvalue weighted by molar-refractivity contribution is -0.121. The number of benzene rings is 1. The molecule has 18 heavy (non-hydrogen) atoms. The van der Waals surface area contributed by atoms with Crippen molar-refractivity contribution in [3.63, 3.8) is 0 Å². The van der Waals surface area contributed by atoms with Crippen molar-refractivity contribution in [1.29, 1.82) is 0 Å². The van der Waals surface area contributed by atoms with Crippen molar-refractivity contribution < 1.29 is 9.53 Å². The van der Waals surface area contributed by atoms with Crippen LogP contribution in [0.25, 0.3) is 0 Å². The number of amides is 1. The molecule has 0 bridgehead atoms. The first-order valence-corrected chi connectivity index (χ1v) is 6.23. The van der Waals surface area contributed by atoms with Gasteiger partial charge in [-0.3, -0.25) is 4.79 Å². The Morgan fingerprint density at radius 2 is 2.17 bits per heavy atom. The molecule has 0 saturated heterocycles. The molecule has 4 heteroatoms. The largest absolute Gasteiger partial charge is 0.382 e. The molecule has 0 saturated carbocycles. The molecule has 0 radical (unpaired) electrons. The van der Waals surface area contributed by atoms with E-state index in [-0.39, 0.29) is 12.0 Å². The first-order valence-electron chi connectivity index (χ1n) is 6.23. The van der Waals surface area contributed by atoms with E-state index in [0.717, 1.165) is 17.5 Å². The van der Waals surface area contributed by atoms with Gasteiger partial charge in [-0.05, 0) is 24.5 Å². The van der Waals surface area contributed by atoms with E-state index in [1.807, 2.05) is 31.2 Å². The summed E-state index contributed by atoms with van der Waals surface area (Å²) in [4.78, 5) is 11.6. The first kappa shape index (κ1) is 14.7. The minimum absolute atomic E-state index is 0.0528. The molecule has 0 aliphatic carbocycles. The molecular weight excluding hydrogens is 228 g/mol. The molecule has 1 amide bonds. The van der Waals surface area contributed by atoms with Crippen LogP contribution in [0.4, 0.5) is 0 Å². The second-order valence-corrected chi connectivity index (χ2v) is 4.39. The van der Waals surface area contributed by atoms with Gasteiger partial charge in [0.25, 0.3) is 0 Å². The van der Waals surface area contributed by atoms with Crippen LogP contribution >= 0.6 is 0 Å². The van der Waals surface area contributed by atoms with Crippen LogP contribution in [0.1, 0.15) is 30.9 Å². The van der Waals surface area contributed by atoms with Gasteiger partial charge >= 0.3 is 0 Å². The zero-order valence-corrected chi connectivity index (χ0v) is 11.1. The SMILES string of the molecule is COC(C)CCC(=O)NCc1cccc(CN)c1. The minimum Gasteiger partial charge on any atom is -0.382 e. The summed E-state index contributed by atoms with van der Waals surface area (Å²) in [6, 6.07) is 7.93. The Bertz CT molecular complexity index is 380. The van der Waals surface area contributed by atoms with Crippen LogP contribution < -0.4 is 11.1 Å². The monoisotopic (exact) mass is 250 g/mol. The summed E-state index contributed by atoms with van der Waals surface area (Å²) in [5.74, 6) is 0.0528. The highest BCUT2D eigenvalue weighted by Crippen LogP contribution is 2.05. The highest BCUT2D eigenvalue weighted by Gasteiger charge is 2.05. The molecule has 4 nitrogen and oxygen atoms in total. The maximum atomic E-state index is 11.6. The summed E-state index contributed by atoms with van der Waals surface area (Å²) in [6.45, 7) is 3.03. The maximum absolute atomic E-state index is 11.6. The van der Waals surface area contributed by atoms with Crippen molar-refractivity contribution in [2.45, 2.75) is 39.0 Å². The van der Waals surface area contributed by atoms with Crippen molar-refractivity contribution in [3.05, 3.63) is 35.4 Å². The van der Waals surface area contributed by atoms with E-state index >= 15 is 0 Å². The number of hydrogen-bond acceptors (Lipinski definition) is 3. The summed E-state index contributed by atoms with van der Waals surface area (Å²) >= 11 is 0. The van der Waals surface area contributed by atoms with Crippen LogP contribution in [0.15, 0.2) is 24.3 Å². The molecular formula is C14H22N2O2. The Morgan fingerprint density at radius 1 is 1.44 bits per heavy atom. The zero-order valence-electron chi connectivity index (χ0n) is 11.1. The lowest BCUT2D eigenvalue weighted by Crippen LogP contribution is -2.23. The van der Waals surface area contributed by atoms with Crippen LogP contribution in [-0.4, -0.2) is 19.1 Å². The van der Waals surface area contributed by atoms with Crippen LogP contribution in [0.5, 0.6) is 0 Å². The summed E-state index contributed by atoms with van der Waals surface area (Å²) < 4.78 is 5.10. The molecule has 1 unspecified atom stereocenters. The Balaban J connectivity index is 2.33. The van der Waals surface area contributed by atoms with Crippen LogP contribution in [0.3, 0.4) is 0 Å². The number of rotatable bonds is 7. The Kier molecular flexibility index (Phi) is 6.39. The molecule has 0 aliphatic heterocycles. The van der Waals surface area contributed by atoms with Gasteiger partial charge in [-0.15, -0.1) is 0 Å². The predicted octanol–water partition coefficient (Wildman–Crippen LogP) is 1.58. The van der Waals surface area contributed by atoms with Gasteiger partial charge in [-0.1, -0.05) is 24.3 Å². The van der Waals surface area contributed by atoms with Crippen molar-refractivity contribution in [2.24, 2.45) is 5.73 Å². The number of methoxy groups -OCH3 is 1. The zero-order chi connectivity index (χ0) is 13.4. The Labute approximate surface area is 109 Å². The summed E-state index contributed by atoms with van der Waals surface area (Å²) in [5, 5.41) is 2.89. The van der Waals surface area contributed by atoms with Gasteiger partial charge in [0.05, 0.1) is 6.10 Å². The third-order valence-electron chi connectivity index (χ3n) is 2.90. The van der Waals surface area contributed by atoms with E-state index in [4.69, 9.17) is 10.5 Å². The first-order chi connectivity index (χ1) is 8.65. The van der Waals surface area contributed by atoms with Crippen LogP contribution in [0.2, 0.25) is 0 Å². The molecule has 0 fully saturated rings. The number of nitrogens with two attached hydrogens (primary N) is 1. The lowest BCUT2D eigenvalue weighted by atomic mass is 10.1. The van der Waals surface area contributed by atoms with Gasteiger partial charge in [0.15, 0.2) is 0 Å². The smallest absolute Gasteiger partial charge is 0.220 e. The van der Waals surface area contributed by atoms with Crippen molar-refractivity contribution >= 4 is 5.91 Å². The molecule has 0 heterocycles. The number of carbonyl (C=O) groups is 1. The standard InChI is InChI=1S/C14H22N2O2/c1-11(18-2)6-7-14(17)16-10-13-5-3-4-12(8-13)9-15/h3-5,8,11H,6-7,9-10,15H2,1-2H3,(H,16,17). The van der Waals surface area contributed by atoms with Crippen LogP contribution in [0, 0.1) is 0 Å². The molecule has 1 atom stereocenters. The molecule has 1 aromatic rings. The topological polar surface area (TPSA) is 64.3 Å². The average molecular weight is 250 g/mol. The molecule has 0 spiro atoms. The fraction of sp³-hybridized carbons (Fsp3) is 0.500. The van der Waals surface area contributed by atoms with E-state index in [2.05, 4.69) is 5.32 Å². The second-order valence-electron chi connectivity index (χ2n) is 4.39. The van der Waals surface area contributed by atoms with Crippen molar-refractivity contribution in [2.75, 3.05) is 7.11 Å². The number of carbonyl (C=O) groups excluding carboxylic acids is 1. The molecule has 100 valence electrons. The van der Waals surface area contributed by atoms with Gasteiger partial charge in [0, 0.05) is 26.6 Å². The lowest BCUT2D eigenvalue weighted by Gasteiger charge is -2.09. The molecule has 0 aliphatic rings. The Morgan fingerprint density at radius 3 is 2.83 bits per heavy atom. The van der Waals surface area contributed by atoms with Crippen molar-refractivity contribution in [1.82, 2.24) is 5.32 Å². The summed E-state index contributed by atoms with van der Waals surface area (Å²) in [7, 11) is 1.65. The van der Waals surface area contributed by atoms with Gasteiger partial charge in [-0.2, -0.15) is 0 Å². The van der Waals surface area contributed by atoms with E-state index in [1.165, 1.54) is 0 Å². The second kappa shape index (κ2) is 7.84. The molecule has 3 N–H and O–H groups in total. The minimum atomic E-state index is 0.0528. The fourth-order valence-electron chi connectivity index (χ4n) is 1.61. The molecule has 1 aromatic carbocycles.